The van der Waals surface area contributed by atoms with E-state index in [1.165, 1.54) is 12.8 Å². The summed E-state index contributed by atoms with van der Waals surface area (Å²) < 4.78 is 5.95. The van der Waals surface area contributed by atoms with Crippen LogP contribution >= 0.6 is 0 Å². The number of benzene rings is 1. The van der Waals surface area contributed by atoms with Gasteiger partial charge >= 0.3 is 0 Å². The van der Waals surface area contributed by atoms with Gasteiger partial charge in [-0.1, -0.05) is 12.1 Å². The number of carbonyl (C=O) groups excluding carboxylic acids is 1. The van der Waals surface area contributed by atoms with Gasteiger partial charge in [0, 0.05) is 5.56 Å². The lowest BCUT2D eigenvalue weighted by Gasteiger charge is -2.25. The van der Waals surface area contributed by atoms with E-state index < -0.39 is 0 Å². The Morgan fingerprint density at radius 2 is 2.07 bits per heavy atom. The molecule has 0 spiro atoms. The second-order valence-electron chi connectivity index (χ2n) is 4.45. The zero-order valence-electron chi connectivity index (χ0n) is 9.03. The van der Waals surface area contributed by atoms with Gasteiger partial charge in [-0.3, -0.25) is 4.79 Å². The third-order valence-corrected chi connectivity index (χ3v) is 3.02. The number of ether oxygens (including phenoxy) is 1. The number of carbonyl (C=O) groups is 1. The predicted molar refractivity (Wildman–Crippen MR) is 59.3 cm³/mol. The van der Waals surface area contributed by atoms with Gasteiger partial charge < -0.3 is 4.74 Å². The van der Waals surface area contributed by atoms with Gasteiger partial charge in [0.25, 0.3) is 0 Å². The highest BCUT2D eigenvalue weighted by Crippen LogP contribution is 2.33. The Hall–Kier alpha value is -1.31. The van der Waals surface area contributed by atoms with Gasteiger partial charge in [-0.15, -0.1) is 0 Å². The van der Waals surface area contributed by atoms with Crippen LogP contribution in [0.4, 0.5) is 0 Å². The molecule has 15 heavy (non-hydrogen) atoms. The first-order valence-corrected chi connectivity index (χ1v) is 5.46. The van der Waals surface area contributed by atoms with Crippen LogP contribution < -0.4 is 4.74 Å². The Morgan fingerprint density at radius 1 is 1.33 bits per heavy atom. The fourth-order valence-electron chi connectivity index (χ4n) is 2.16. The summed E-state index contributed by atoms with van der Waals surface area (Å²) in [5.41, 5.74) is 0.649. The van der Waals surface area contributed by atoms with Crippen molar-refractivity contribution in [3.05, 3.63) is 29.8 Å². The van der Waals surface area contributed by atoms with E-state index in [1.807, 2.05) is 12.1 Å². The molecule has 1 fully saturated rings. The molecule has 1 aromatic rings. The molecule has 0 aliphatic heterocycles. The fourth-order valence-corrected chi connectivity index (χ4v) is 2.16. The van der Waals surface area contributed by atoms with E-state index in [0.717, 1.165) is 24.9 Å². The van der Waals surface area contributed by atoms with Gasteiger partial charge in [0.1, 0.15) is 17.6 Å². The lowest BCUT2D eigenvalue weighted by Crippen LogP contribution is -2.27. The van der Waals surface area contributed by atoms with Gasteiger partial charge in [0.15, 0.2) is 0 Å². The van der Waals surface area contributed by atoms with Gasteiger partial charge in [0.05, 0.1) is 0 Å². The average Bonchev–Trinajstić information content (AvgIpc) is 2.65. The first-order chi connectivity index (χ1) is 7.22. The minimum Gasteiger partial charge on any atom is -0.488 e. The Kier molecular flexibility index (Phi) is 2.76. The summed E-state index contributed by atoms with van der Waals surface area (Å²) in [6, 6.07) is 7.36. The molecule has 0 radical (unpaired) electrons. The Labute approximate surface area is 90.3 Å². The van der Waals surface area contributed by atoms with Crippen molar-refractivity contribution in [1.82, 2.24) is 0 Å². The predicted octanol–water partition coefficient (Wildman–Crippen LogP) is 3.21. The first kappa shape index (κ1) is 10.2. The number of rotatable bonds is 3. The summed E-state index contributed by atoms with van der Waals surface area (Å²) in [5, 5.41) is 0. The lowest BCUT2D eigenvalue weighted by molar-refractivity contribution is 0.0963. The Balaban J connectivity index is 2.12. The van der Waals surface area contributed by atoms with E-state index in [1.54, 1.807) is 12.1 Å². The monoisotopic (exact) mass is 204 g/mol. The molecule has 2 rings (SSSR count). The van der Waals surface area contributed by atoms with Gasteiger partial charge in [-0.05, 0) is 44.7 Å². The van der Waals surface area contributed by atoms with Crippen molar-refractivity contribution in [2.75, 3.05) is 0 Å². The SMILES string of the molecule is CC1(Oc2cccc(C=O)c2)CCCC1. The smallest absolute Gasteiger partial charge is 0.150 e. The lowest BCUT2D eigenvalue weighted by atomic mass is 10.1. The molecule has 80 valence electrons. The molecule has 0 atom stereocenters. The molecule has 0 N–H and O–H groups in total. The molecule has 0 aromatic heterocycles. The van der Waals surface area contributed by atoms with Gasteiger partial charge in [0.2, 0.25) is 0 Å². The van der Waals surface area contributed by atoms with E-state index >= 15 is 0 Å². The maximum Gasteiger partial charge on any atom is 0.150 e. The highest BCUT2D eigenvalue weighted by molar-refractivity contribution is 5.75. The Bertz CT molecular complexity index is 351. The van der Waals surface area contributed by atoms with Crippen molar-refractivity contribution in [1.29, 1.82) is 0 Å². The third kappa shape index (κ3) is 2.38. The summed E-state index contributed by atoms with van der Waals surface area (Å²) in [5.74, 6) is 0.809. The highest BCUT2D eigenvalue weighted by atomic mass is 16.5. The molecule has 0 saturated heterocycles. The summed E-state index contributed by atoms with van der Waals surface area (Å²) in [6.07, 6.45) is 5.55. The molecule has 0 amide bonds. The van der Waals surface area contributed by atoms with Crippen molar-refractivity contribution in [3.8, 4) is 5.75 Å². The van der Waals surface area contributed by atoms with Crippen LogP contribution in [0.3, 0.4) is 0 Å². The second-order valence-corrected chi connectivity index (χ2v) is 4.45. The maximum atomic E-state index is 10.6. The summed E-state index contributed by atoms with van der Waals surface area (Å²) in [7, 11) is 0. The van der Waals surface area contributed by atoms with Crippen LogP contribution in [-0.2, 0) is 0 Å². The van der Waals surface area contributed by atoms with E-state index in [0.29, 0.717) is 5.56 Å². The molecule has 0 unspecified atom stereocenters. The van der Waals surface area contributed by atoms with E-state index in [4.69, 9.17) is 4.74 Å². The van der Waals surface area contributed by atoms with Crippen LogP contribution in [0.1, 0.15) is 43.0 Å². The number of hydrogen-bond donors (Lipinski definition) is 0. The summed E-state index contributed by atoms with van der Waals surface area (Å²) in [6.45, 7) is 2.15. The minimum absolute atomic E-state index is 0.0263. The molecule has 1 aromatic carbocycles. The van der Waals surface area contributed by atoms with Crippen LogP contribution in [0.5, 0.6) is 5.75 Å². The average molecular weight is 204 g/mol. The standard InChI is InChI=1S/C13H16O2/c1-13(7-2-3-8-13)15-12-6-4-5-11(9-12)10-14/h4-6,9-10H,2-3,7-8H2,1H3. The van der Waals surface area contributed by atoms with E-state index in [2.05, 4.69) is 6.92 Å². The molecule has 1 aliphatic carbocycles. The molecule has 1 aliphatic rings. The van der Waals surface area contributed by atoms with Crippen LogP contribution in [0.15, 0.2) is 24.3 Å². The van der Waals surface area contributed by atoms with Gasteiger partial charge in [-0.25, -0.2) is 0 Å². The second kappa shape index (κ2) is 4.05. The normalized spacial score (nSPS) is 18.7. The van der Waals surface area contributed by atoms with Crippen LogP contribution in [0.2, 0.25) is 0 Å². The zero-order valence-corrected chi connectivity index (χ0v) is 9.03. The van der Waals surface area contributed by atoms with Crippen LogP contribution in [0.25, 0.3) is 0 Å². The topological polar surface area (TPSA) is 26.3 Å². The molecule has 2 heteroatoms. The largest absolute Gasteiger partial charge is 0.488 e. The molecule has 0 bridgehead atoms. The molecular weight excluding hydrogens is 188 g/mol. The number of aldehydes is 1. The molecular formula is C13H16O2. The van der Waals surface area contributed by atoms with Crippen molar-refractivity contribution >= 4 is 6.29 Å². The van der Waals surface area contributed by atoms with Crippen molar-refractivity contribution in [2.45, 2.75) is 38.2 Å². The maximum absolute atomic E-state index is 10.6. The van der Waals surface area contributed by atoms with Crippen molar-refractivity contribution < 1.29 is 9.53 Å². The van der Waals surface area contributed by atoms with Crippen molar-refractivity contribution in [3.63, 3.8) is 0 Å². The fraction of sp³-hybridized carbons (Fsp3) is 0.462. The van der Waals surface area contributed by atoms with Crippen LogP contribution in [-0.4, -0.2) is 11.9 Å². The zero-order chi connectivity index (χ0) is 10.7. The quantitative estimate of drug-likeness (QED) is 0.707. The molecule has 2 nitrogen and oxygen atoms in total. The molecule has 1 saturated carbocycles. The third-order valence-electron chi connectivity index (χ3n) is 3.02. The Morgan fingerprint density at radius 3 is 2.73 bits per heavy atom. The number of hydrogen-bond acceptors (Lipinski definition) is 2. The van der Waals surface area contributed by atoms with Crippen molar-refractivity contribution in [2.24, 2.45) is 0 Å². The van der Waals surface area contributed by atoms with Crippen LogP contribution in [0, 0.1) is 0 Å². The highest BCUT2D eigenvalue weighted by Gasteiger charge is 2.30. The minimum atomic E-state index is -0.0263. The summed E-state index contributed by atoms with van der Waals surface area (Å²) >= 11 is 0. The van der Waals surface area contributed by atoms with E-state index in [9.17, 15) is 4.79 Å². The van der Waals surface area contributed by atoms with E-state index in [-0.39, 0.29) is 5.60 Å². The van der Waals surface area contributed by atoms with Gasteiger partial charge in [-0.2, -0.15) is 0 Å². The molecule has 0 heterocycles. The first-order valence-electron chi connectivity index (χ1n) is 5.46. The summed E-state index contributed by atoms with van der Waals surface area (Å²) in [4.78, 5) is 10.6.